The van der Waals surface area contributed by atoms with Gasteiger partial charge >= 0.3 is 0 Å². The molecule has 8 rings (SSSR count). The molecule has 0 radical (unpaired) electrons. The highest BCUT2D eigenvalue weighted by Gasteiger charge is 2.30. The molecule has 0 saturated carbocycles. The van der Waals surface area contributed by atoms with Crippen LogP contribution in [0.5, 0.6) is 0 Å². The molecule has 46 heavy (non-hydrogen) atoms. The second kappa shape index (κ2) is 9.85. The first kappa shape index (κ1) is 28.2. The number of anilines is 3. The molecule has 7 nitrogen and oxygen atoms in total. The van der Waals surface area contributed by atoms with Crippen molar-refractivity contribution in [2.75, 3.05) is 4.90 Å². The summed E-state index contributed by atoms with van der Waals surface area (Å²) in [6.07, 6.45) is 0. The van der Waals surface area contributed by atoms with Crippen LogP contribution in [0, 0.1) is 0 Å². The van der Waals surface area contributed by atoms with Crippen molar-refractivity contribution in [2.24, 2.45) is 30.0 Å². The summed E-state index contributed by atoms with van der Waals surface area (Å²) in [5.74, 6) is 0. The highest BCUT2D eigenvalue weighted by molar-refractivity contribution is 5.79. The highest BCUT2D eigenvalue weighted by Crippen LogP contribution is 2.32. The molecule has 0 atom stereocenters. The predicted octanol–water partition coefficient (Wildman–Crippen LogP) is 5.46. The zero-order valence-corrected chi connectivity index (χ0v) is 26.9. The standard InChI is InChI=1S/C39H35N7/c1-37(2)40-28-18-13-19-29(34(28)43-37)46(30-22-20-26(24-14-9-7-10-15-24)32-35(30)44-38(3,4)41-32)31-23-21-27(25-16-11-8-12-17-25)33-36(31)45-39(5,6)42-33/h7-23H,1-6H3. The van der Waals surface area contributed by atoms with Gasteiger partial charge in [-0.2, -0.15) is 0 Å². The minimum atomic E-state index is -0.616. The van der Waals surface area contributed by atoms with E-state index >= 15 is 0 Å². The molecule has 0 aliphatic carbocycles. The molecule has 7 heteroatoms. The molecular weight excluding hydrogens is 566 g/mol. The Kier molecular flexibility index (Phi) is 6.04. The third-order valence-electron chi connectivity index (χ3n) is 8.47. The third kappa shape index (κ3) is 4.66. The van der Waals surface area contributed by atoms with Gasteiger partial charge in [-0.1, -0.05) is 66.7 Å². The highest BCUT2D eigenvalue weighted by atomic mass is 15.2. The second-order valence-corrected chi connectivity index (χ2v) is 13.5. The summed E-state index contributed by atoms with van der Waals surface area (Å²) in [5.41, 5.74) is 5.25. The van der Waals surface area contributed by atoms with Crippen molar-refractivity contribution in [1.82, 2.24) is 0 Å². The minimum absolute atomic E-state index is 0.564. The van der Waals surface area contributed by atoms with E-state index in [1.807, 2.05) is 32.0 Å². The van der Waals surface area contributed by atoms with Crippen molar-refractivity contribution >= 4 is 17.1 Å². The smallest absolute Gasteiger partial charge is 0.146 e. The van der Waals surface area contributed by atoms with Gasteiger partial charge in [-0.05, 0) is 89.1 Å². The fraction of sp³-hybridized carbons (Fsp3) is 0.231. The molecular formula is C39H35N7. The summed E-state index contributed by atoms with van der Waals surface area (Å²) >= 11 is 0. The van der Waals surface area contributed by atoms with Crippen LogP contribution < -0.4 is 37.0 Å². The number of hydrogen-bond acceptors (Lipinski definition) is 7. The normalized spacial score (nSPS) is 17.2. The molecule has 3 aliphatic rings. The summed E-state index contributed by atoms with van der Waals surface area (Å²) in [7, 11) is 0. The van der Waals surface area contributed by atoms with E-state index in [1.165, 1.54) is 0 Å². The van der Waals surface area contributed by atoms with Crippen LogP contribution in [-0.2, 0) is 0 Å². The quantitative estimate of drug-likeness (QED) is 0.264. The molecule has 5 aromatic carbocycles. The van der Waals surface area contributed by atoms with Gasteiger partial charge in [0, 0.05) is 11.1 Å². The summed E-state index contributed by atoms with van der Waals surface area (Å²) in [6, 6.07) is 35.6. The van der Waals surface area contributed by atoms with Crippen molar-refractivity contribution in [2.45, 2.75) is 58.5 Å². The summed E-state index contributed by atoms with van der Waals surface area (Å²) in [5, 5.41) is 5.16. The van der Waals surface area contributed by atoms with Crippen molar-refractivity contribution in [3.8, 4) is 22.3 Å². The van der Waals surface area contributed by atoms with E-state index in [0.29, 0.717) is 0 Å². The lowest BCUT2D eigenvalue weighted by molar-refractivity contribution is 0.549. The molecule has 0 unspecified atom stereocenters. The summed E-state index contributed by atoms with van der Waals surface area (Å²) < 4.78 is 0. The van der Waals surface area contributed by atoms with E-state index in [0.717, 1.165) is 71.5 Å². The van der Waals surface area contributed by atoms with Gasteiger partial charge < -0.3 is 4.90 Å². The molecule has 0 amide bonds. The lowest BCUT2D eigenvalue weighted by Gasteiger charge is -2.26. The van der Waals surface area contributed by atoms with Crippen molar-refractivity contribution in [3.05, 3.63) is 135 Å². The Morgan fingerprint density at radius 3 is 1.28 bits per heavy atom. The van der Waals surface area contributed by atoms with E-state index in [2.05, 4.69) is 118 Å². The second-order valence-electron chi connectivity index (χ2n) is 13.5. The maximum absolute atomic E-state index is 5.24. The molecule has 5 aromatic rings. The Balaban J connectivity index is 1.48. The van der Waals surface area contributed by atoms with Gasteiger partial charge in [0.05, 0.1) is 33.1 Å². The van der Waals surface area contributed by atoms with Gasteiger partial charge in [0.2, 0.25) is 0 Å². The Bertz CT molecular complexity index is 2320. The van der Waals surface area contributed by atoms with Gasteiger partial charge in [-0.3, -0.25) is 30.0 Å². The van der Waals surface area contributed by atoms with Crippen LogP contribution in [0.1, 0.15) is 41.5 Å². The van der Waals surface area contributed by atoms with Gasteiger partial charge in [-0.25, -0.2) is 0 Å². The first-order valence-electron chi connectivity index (χ1n) is 15.7. The summed E-state index contributed by atoms with van der Waals surface area (Å²) in [6.45, 7) is 12.3. The first-order chi connectivity index (χ1) is 22.0. The van der Waals surface area contributed by atoms with Crippen LogP contribution in [0.15, 0.2) is 133 Å². The molecule has 3 aliphatic heterocycles. The fourth-order valence-corrected chi connectivity index (χ4v) is 6.68. The molecule has 0 bridgehead atoms. The average molecular weight is 602 g/mol. The van der Waals surface area contributed by atoms with E-state index in [9.17, 15) is 0 Å². The van der Waals surface area contributed by atoms with Crippen LogP contribution in [0.25, 0.3) is 22.3 Å². The zero-order valence-electron chi connectivity index (χ0n) is 26.9. The summed E-state index contributed by atoms with van der Waals surface area (Å²) in [4.78, 5) is 33.1. The fourth-order valence-electron chi connectivity index (χ4n) is 6.68. The number of benzene rings is 5. The number of nitrogens with zero attached hydrogens (tertiary/aromatic N) is 7. The Hall–Kier alpha value is -5.30. The number of hydrogen-bond donors (Lipinski definition) is 0. The molecule has 0 aromatic heterocycles. The van der Waals surface area contributed by atoms with Gasteiger partial charge in [0.25, 0.3) is 0 Å². The van der Waals surface area contributed by atoms with Gasteiger partial charge in [0.1, 0.15) is 33.1 Å². The lowest BCUT2D eigenvalue weighted by Crippen LogP contribution is -2.38. The maximum atomic E-state index is 5.24. The van der Waals surface area contributed by atoms with E-state index in [4.69, 9.17) is 30.0 Å². The van der Waals surface area contributed by atoms with Gasteiger partial charge in [-0.15, -0.1) is 0 Å². The number of fused-ring (bicyclic) bond motifs is 3. The zero-order chi connectivity index (χ0) is 31.8. The Morgan fingerprint density at radius 1 is 0.370 bits per heavy atom. The van der Waals surface area contributed by atoms with Crippen molar-refractivity contribution < 1.29 is 0 Å². The minimum Gasteiger partial charge on any atom is -0.304 e. The molecule has 3 heterocycles. The van der Waals surface area contributed by atoms with E-state index < -0.39 is 17.0 Å². The SMILES string of the molecule is CC1(C)N=c2cccc(N(c3ccc(-c4ccccc4)c4c3=NC(C)(C)N=4)c3ccc(-c4ccccc4)c4c3=NC(C)(C)N=4)c2=N1. The van der Waals surface area contributed by atoms with Crippen LogP contribution in [0.2, 0.25) is 0 Å². The molecule has 0 fully saturated rings. The molecule has 0 saturated heterocycles. The number of para-hydroxylation sites is 1. The maximum Gasteiger partial charge on any atom is 0.146 e. The first-order valence-corrected chi connectivity index (χ1v) is 15.7. The topological polar surface area (TPSA) is 77.4 Å². The average Bonchev–Trinajstić information content (AvgIpc) is 3.65. The number of rotatable bonds is 5. The molecule has 0 N–H and O–H groups in total. The van der Waals surface area contributed by atoms with Crippen molar-refractivity contribution in [3.63, 3.8) is 0 Å². The van der Waals surface area contributed by atoms with Crippen LogP contribution in [-0.4, -0.2) is 17.0 Å². The van der Waals surface area contributed by atoms with Crippen LogP contribution in [0.4, 0.5) is 17.1 Å². The third-order valence-corrected chi connectivity index (χ3v) is 8.47. The van der Waals surface area contributed by atoms with Gasteiger partial charge in [0.15, 0.2) is 0 Å². The van der Waals surface area contributed by atoms with E-state index in [1.54, 1.807) is 0 Å². The lowest BCUT2D eigenvalue weighted by atomic mass is 10.0. The Labute approximate surface area is 267 Å². The molecule has 226 valence electrons. The molecule has 0 spiro atoms. The monoisotopic (exact) mass is 601 g/mol. The van der Waals surface area contributed by atoms with Crippen LogP contribution in [0.3, 0.4) is 0 Å². The Morgan fingerprint density at radius 2 is 0.783 bits per heavy atom. The largest absolute Gasteiger partial charge is 0.304 e. The van der Waals surface area contributed by atoms with E-state index in [-0.39, 0.29) is 0 Å². The predicted molar refractivity (Wildman–Crippen MR) is 181 cm³/mol. The van der Waals surface area contributed by atoms with Crippen molar-refractivity contribution in [1.29, 1.82) is 0 Å². The van der Waals surface area contributed by atoms with Crippen LogP contribution >= 0.6 is 0 Å².